The van der Waals surface area contributed by atoms with Crippen LogP contribution in [0.2, 0.25) is 10.0 Å². The van der Waals surface area contributed by atoms with Gasteiger partial charge in [-0.2, -0.15) is 0 Å². The van der Waals surface area contributed by atoms with Crippen molar-refractivity contribution in [1.29, 1.82) is 0 Å². The van der Waals surface area contributed by atoms with Crippen LogP contribution in [0, 0.1) is 0 Å². The molecule has 4 nitrogen and oxygen atoms in total. The highest BCUT2D eigenvalue weighted by Crippen LogP contribution is 2.38. The van der Waals surface area contributed by atoms with Gasteiger partial charge in [0.1, 0.15) is 5.54 Å². The van der Waals surface area contributed by atoms with Crippen molar-refractivity contribution in [2.75, 3.05) is 0 Å². The Labute approximate surface area is 207 Å². The summed E-state index contributed by atoms with van der Waals surface area (Å²) in [5.74, 6) is 0. The van der Waals surface area contributed by atoms with Crippen molar-refractivity contribution in [3.8, 4) is 11.1 Å². The second-order valence-electron chi connectivity index (χ2n) is 8.52. The van der Waals surface area contributed by atoms with Crippen molar-refractivity contribution in [1.82, 2.24) is 9.13 Å². The summed E-state index contributed by atoms with van der Waals surface area (Å²) in [6.45, 7) is 0. The number of halogens is 2. The molecular formula is C28H23Cl2N3O. The Bertz CT molecular complexity index is 1580. The molecule has 2 N–H and O–H groups in total. The van der Waals surface area contributed by atoms with Crippen LogP contribution < -0.4 is 11.3 Å². The van der Waals surface area contributed by atoms with Gasteiger partial charge in [-0.1, -0.05) is 53.5 Å². The minimum absolute atomic E-state index is 0.0885. The lowest BCUT2D eigenvalue weighted by Crippen LogP contribution is -2.41. The van der Waals surface area contributed by atoms with Crippen LogP contribution in [-0.2, 0) is 19.6 Å². The van der Waals surface area contributed by atoms with E-state index in [1.165, 1.54) is 0 Å². The summed E-state index contributed by atoms with van der Waals surface area (Å²) in [4.78, 5) is 12.8. The van der Waals surface area contributed by atoms with Gasteiger partial charge in [-0.3, -0.25) is 4.79 Å². The fourth-order valence-corrected chi connectivity index (χ4v) is 4.96. The van der Waals surface area contributed by atoms with Crippen molar-refractivity contribution >= 4 is 34.1 Å². The van der Waals surface area contributed by atoms with Crippen molar-refractivity contribution in [3.05, 3.63) is 128 Å². The lowest BCUT2D eigenvalue weighted by atomic mass is 9.80. The van der Waals surface area contributed by atoms with Gasteiger partial charge in [0.25, 0.3) is 5.56 Å². The Hall–Kier alpha value is -3.31. The molecule has 0 bridgehead atoms. The number of nitrogens with two attached hydrogens (primary N) is 1. The Morgan fingerprint density at radius 3 is 2.21 bits per heavy atom. The Kier molecular flexibility index (Phi) is 5.61. The third-order valence-electron chi connectivity index (χ3n) is 6.48. The minimum atomic E-state index is -0.947. The van der Waals surface area contributed by atoms with Crippen molar-refractivity contribution < 1.29 is 0 Å². The van der Waals surface area contributed by atoms with E-state index >= 15 is 0 Å². The lowest BCUT2D eigenvalue weighted by Gasteiger charge is -2.32. The topological polar surface area (TPSA) is 52.9 Å². The summed E-state index contributed by atoms with van der Waals surface area (Å²) in [5, 5.41) is 2.18. The van der Waals surface area contributed by atoms with Crippen molar-refractivity contribution in [2.24, 2.45) is 19.8 Å². The monoisotopic (exact) mass is 487 g/mol. The highest BCUT2D eigenvalue weighted by atomic mass is 35.5. The van der Waals surface area contributed by atoms with Crippen LogP contribution in [0.3, 0.4) is 0 Å². The number of rotatable bonds is 4. The molecule has 0 saturated carbocycles. The molecule has 5 rings (SSSR count). The van der Waals surface area contributed by atoms with Gasteiger partial charge in [-0.05, 0) is 70.8 Å². The first-order valence-electron chi connectivity index (χ1n) is 10.9. The second-order valence-corrected chi connectivity index (χ2v) is 9.39. The Balaban J connectivity index is 1.84. The third kappa shape index (κ3) is 3.64. The van der Waals surface area contributed by atoms with Crippen LogP contribution in [0.15, 0.2) is 95.9 Å². The summed E-state index contributed by atoms with van der Waals surface area (Å²) >= 11 is 12.5. The molecule has 1 atom stereocenters. The number of pyridine rings is 1. The van der Waals surface area contributed by atoms with E-state index in [0.29, 0.717) is 10.0 Å². The predicted octanol–water partition coefficient (Wildman–Crippen LogP) is 6.10. The van der Waals surface area contributed by atoms with E-state index < -0.39 is 5.54 Å². The van der Waals surface area contributed by atoms with Gasteiger partial charge < -0.3 is 14.9 Å². The second kappa shape index (κ2) is 8.48. The maximum atomic E-state index is 12.8. The van der Waals surface area contributed by atoms with Crippen LogP contribution in [-0.4, -0.2) is 9.13 Å². The molecule has 0 radical (unpaired) electrons. The number of hydrogen-bond acceptors (Lipinski definition) is 2. The fraction of sp³-hybridized carbons (Fsp3) is 0.107. The molecule has 0 fully saturated rings. The zero-order valence-electron chi connectivity index (χ0n) is 18.8. The maximum absolute atomic E-state index is 12.8. The standard InChI is InChI=1S/C28H23Cl2N3O/c1-32-14-4-7-26(32)28(31,19-8-11-21(29)12-9-19)20-10-13-25-24(16-20)23(17-27(34)33(25)2)18-5-3-6-22(30)15-18/h3-17H,31H2,1-2H3/t28-/m1/s1. The van der Waals surface area contributed by atoms with E-state index in [9.17, 15) is 4.79 Å². The van der Waals surface area contributed by atoms with Gasteiger partial charge >= 0.3 is 0 Å². The predicted molar refractivity (Wildman–Crippen MR) is 141 cm³/mol. The zero-order valence-corrected chi connectivity index (χ0v) is 20.3. The number of aryl methyl sites for hydroxylation is 2. The lowest BCUT2D eigenvalue weighted by molar-refractivity contribution is 0.596. The number of aromatic nitrogens is 2. The quantitative estimate of drug-likeness (QED) is 0.332. The molecule has 34 heavy (non-hydrogen) atoms. The summed E-state index contributed by atoms with van der Waals surface area (Å²) in [6, 6.07) is 26.8. The summed E-state index contributed by atoms with van der Waals surface area (Å²) in [7, 11) is 3.76. The van der Waals surface area contributed by atoms with Crippen LogP contribution >= 0.6 is 23.2 Å². The summed E-state index contributed by atoms with van der Waals surface area (Å²) in [6.07, 6.45) is 1.98. The number of nitrogens with zero attached hydrogens (tertiary/aromatic N) is 2. The van der Waals surface area contributed by atoms with E-state index in [2.05, 4.69) is 6.07 Å². The largest absolute Gasteiger partial charge is 0.352 e. The molecule has 170 valence electrons. The van der Waals surface area contributed by atoms with E-state index in [1.807, 2.05) is 90.6 Å². The van der Waals surface area contributed by atoms with Crippen molar-refractivity contribution in [2.45, 2.75) is 5.54 Å². The molecular weight excluding hydrogens is 465 g/mol. The van der Waals surface area contributed by atoms with Gasteiger partial charge in [-0.15, -0.1) is 0 Å². The van der Waals surface area contributed by atoms with Crippen LogP contribution in [0.25, 0.3) is 22.0 Å². The first-order chi connectivity index (χ1) is 16.3. The van der Waals surface area contributed by atoms with Gasteiger partial charge in [-0.25, -0.2) is 0 Å². The number of hydrogen-bond donors (Lipinski definition) is 1. The average Bonchev–Trinajstić information content (AvgIpc) is 3.27. The number of fused-ring (bicyclic) bond motifs is 1. The maximum Gasteiger partial charge on any atom is 0.251 e. The summed E-state index contributed by atoms with van der Waals surface area (Å²) in [5.41, 5.74) is 11.5. The first-order valence-corrected chi connectivity index (χ1v) is 11.6. The van der Waals surface area contributed by atoms with E-state index in [-0.39, 0.29) is 5.56 Å². The molecule has 0 saturated heterocycles. The van der Waals surface area contributed by atoms with Crippen LogP contribution in [0.5, 0.6) is 0 Å². The zero-order chi connectivity index (χ0) is 24.0. The molecule has 0 unspecified atom stereocenters. The Morgan fingerprint density at radius 2 is 1.53 bits per heavy atom. The average molecular weight is 488 g/mol. The smallest absolute Gasteiger partial charge is 0.251 e. The molecule has 0 aliphatic carbocycles. The van der Waals surface area contributed by atoms with Gasteiger partial charge in [0.05, 0.1) is 5.52 Å². The molecule has 2 heterocycles. The fourth-order valence-electron chi connectivity index (χ4n) is 4.65. The normalized spacial score (nSPS) is 13.2. The Morgan fingerprint density at radius 1 is 0.794 bits per heavy atom. The van der Waals surface area contributed by atoms with E-state index in [0.717, 1.165) is 38.9 Å². The third-order valence-corrected chi connectivity index (χ3v) is 6.97. The molecule has 5 aromatic rings. The van der Waals surface area contributed by atoms with Crippen LogP contribution in [0.1, 0.15) is 16.8 Å². The van der Waals surface area contributed by atoms with E-state index in [1.54, 1.807) is 17.7 Å². The van der Waals surface area contributed by atoms with E-state index in [4.69, 9.17) is 28.9 Å². The molecule has 3 aromatic carbocycles. The minimum Gasteiger partial charge on any atom is -0.352 e. The summed E-state index contributed by atoms with van der Waals surface area (Å²) < 4.78 is 3.67. The molecule has 2 aromatic heterocycles. The molecule has 6 heteroatoms. The highest BCUT2D eigenvalue weighted by molar-refractivity contribution is 6.31. The van der Waals surface area contributed by atoms with Gasteiger partial charge in [0.15, 0.2) is 0 Å². The number of benzene rings is 3. The van der Waals surface area contributed by atoms with Gasteiger partial charge in [0, 0.05) is 47.5 Å². The van der Waals surface area contributed by atoms with Crippen molar-refractivity contribution in [3.63, 3.8) is 0 Å². The van der Waals surface area contributed by atoms with Crippen LogP contribution in [0.4, 0.5) is 0 Å². The molecule has 0 aliphatic heterocycles. The molecule has 0 aliphatic rings. The highest BCUT2D eigenvalue weighted by Gasteiger charge is 2.34. The first kappa shape index (κ1) is 22.5. The SMILES string of the molecule is Cn1cccc1[C@@](N)(c1ccc(Cl)cc1)c1ccc2c(c1)c(-c1cccc(Cl)c1)cc(=O)n2C. The van der Waals surface area contributed by atoms with Gasteiger partial charge in [0.2, 0.25) is 0 Å². The molecule has 0 amide bonds. The molecule has 0 spiro atoms.